The maximum Gasteiger partial charge on any atom is 0.181 e. The fourth-order valence-electron chi connectivity index (χ4n) is 11.2. The van der Waals surface area contributed by atoms with Gasteiger partial charge in [-0.1, -0.05) is 133 Å². The molecule has 14 rings (SSSR count). The van der Waals surface area contributed by atoms with Gasteiger partial charge in [-0.25, -0.2) is 4.98 Å². The van der Waals surface area contributed by atoms with Gasteiger partial charge >= 0.3 is 0 Å². The third-order valence-corrected chi connectivity index (χ3v) is 21.2. The van der Waals surface area contributed by atoms with Crippen LogP contribution in [0.25, 0.3) is 95.5 Å². The van der Waals surface area contributed by atoms with Gasteiger partial charge in [-0.05, 0) is 99.6 Å². The van der Waals surface area contributed by atoms with Crippen LogP contribution in [0.3, 0.4) is 0 Å². The third kappa shape index (κ3) is 5.46. The summed E-state index contributed by atoms with van der Waals surface area (Å²) < 4.78 is 9.86. The van der Waals surface area contributed by atoms with Gasteiger partial charge in [0.1, 0.15) is 5.65 Å². The molecule has 0 bridgehead atoms. The molecule has 7 heteroatoms. The Labute approximate surface area is 394 Å². The molecule has 67 heavy (non-hydrogen) atoms. The molecule has 5 aromatic heterocycles. The van der Waals surface area contributed by atoms with Gasteiger partial charge in [0.2, 0.25) is 0 Å². The minimum Gasteiger partial charge on any atom is -0.309 e. The third-order valence-electron chi connectivity index (χ3n) is 13.9. The zero-order valence-electron chi connectivity index (χ0n) is 35.9. The summed E-state index contributed by atoms with van der Waals surface area (Å²) in [6.45, 7) is 0. The molecule has 312 valence electrons. The first-order chi connectivity index (χ1) is 33.2. The Morgan fingerprint density at radius 2 is 1.03 bits per heavy atom. The Morgan fingerprint density at radius 1 is 0.418 bits per heavy atom. The molecular formula is C60H36N4S2Si. The number of rotatable bonds is 6. The lowest BCUT2D eigenvalue weighted by molar-refractivity contribution is 1.14. The van der Waals surface area contributed by atoms with E-state index in [1.54, 1.807) is 0 Å². The van der Waals surface area contributed by atoms with Crippen molar-refractivity contribution in [3.05, 3.63) is 224 Å². The summed E-state index contributed by atoms with van der Waals surface area (Å²) in [6.07, 6.45) is 1.90. The van der Waals surface area contributed by atoms with E-state index in [-0.39, 0.29) is 0 Å². The molecule has 0 fully saturated rings. The standard InChI is InChI=1S/C60H36N4S2Si/c61-37-38-33-40(35-43(34-38)67(41-15-3-1-4-16-41,42-17-5-2-6-18-42)56-27-13-22-46-44-19-8-12-26-54(44)66-59(46)56)63-50-24-10-7-21-47(50)57-51(63)29-30-52-58(57)48-23-14-32-62-60(48)64(52)39-28-31-55-49(36-39)45-20-9-11-25-53(45)65-55/h1-36H. The largest absolute Gasteiger partial charge is 0.309 e. The zero-order chi connectivity index (χ0) is 44.2. The molecule has 0 aliphatic rings. The molecule has 0 saturated heterocycles. The van der Waals surface area contributed by atoms with E-state index in [9.17, 15) is 5.26 Å². The monoisotopic (exact) mass is 904 g/mol. The number of hydrogen-bond acceptors (Lipinski definition) is 4. The van der Waals surface area contributed by atoms with E-state index >= 15 is 0 Å². The van der Waals surface area contributed by atoms with Crippen molar-refractivity contribution in [3.8, 4) is 17.4 Å². The Balaban J connectivity index is 1.08. The van der Waals surface area contributed by atoms with Crippen LogP contribution in [-0.4, -0.2) is 22.2 Å². The van der Waals surface area contributed by atoms with Crippen molar-refractivity contribution < 1.29 is 0 Å². The molecule has 0 unspecified atom stereocenters. The van der Waals surface area contributed by atoms with E-state index in [0.717, 1.165) is 54.9 Å². The lowest BCUT2D eigenvalue weighted by Crippen LogP contribution is -2.74. The van der Waals surface area contributed by atoms with Crippen LogP contribution in [0.2, 0.25) is 0 Å². The van der Waals surface area contributed by atoms with Crippen molar-refractivity contribution >= 4 is 136 Å². The van der Waals surface area contributed by atoms with Crippen molar-refractivity contribution in [1.82, 2.24) is 14.1 Å². The minimum absolute atomic E-state index is 0.629. The molecular weight excluding hydrogens is 869 g/mol. The van der Waals surface area contributed by atoms with E-state index in [1.807, 2.05) is 28.9 Å². The van der Waals surface area contributed by atoms with E-state index in [1.165, 1.54) is 61.3 Å². The Morgan fingerprint density at radius 3 is 1.79 bits per heavy atom. The second-order valence-electron chi connectivity index (χ2n) is 17.3. The highest BCUT2D eigenvalue weighted by Crippen LogP contribution is 2.43. The smallest absolute Gasteiger partial charge is 0.181 e. The van der Waals surface area contributed by atoms with Crippen LogP contribution < -0.4 is 20.7 Å². The van der Waals surface area contributed by atoms with Crippen molar-refractivity contribution in [2.45, 2.75) is 0 Å². The molecule has 0 amide bonds. The van der Waals surface area contributed by atoms with E-state index < -0.39 is 8.07 Å². The highest BCUT2D eigenvalue weighted by Gasteiger charge is 2.43. The molecule has 0 atom stereocenters. The van der Waals surface area contributed by atoms with Crippen molar-refractivity contribution in [2.75, 3.05) is 0 Å². The fraction of sp³-hybridized carbons (Fsp3) is 0. The number of para-hydroxylation sites is 1. The van der Waals surface area contributed by atoms with Gasteiger partial charge in [-0.3, -0.25) is 4.57 Å². The van der Waals surface area contributed by atoms with Gasteiger partial charge in [-0.2, -0.15) is 5.26 Å². The maximum atomic E-state index is 11.1. The Kier molecular flexibility index (Phi) is 8.37. The second-order valence-corrected chi connectivity index (χ2v) is 23.2. The maximum absolute atomic E-state index is 11.1. The molecule has 5 heterocycles. The molecule has 0 aliphatic carbocycles. The number of benzene rings is 9. The molecule has 0 spiro atoms. The summed E-state index contributed by atoms with van der Waals surface area (Å²) in [5.74, 6) is 0. The number of pyridine rings is 1. The molecule has 0 radical (unpaired) electrons. The zero-order valence-corrected chi connectivity index (χ0v) is 38.5. The van der Waals surface area contributed by atoms with Crippen molar-refractivity contribution in [2.24, 2.45) is 0 Å². The number of aromatic nitrogens is 3. The van der Waals surface area contributed by atoms with Gasteiger partial charge in [0.15, 0.2) is 8.07 Å². The van der Waals surface area contributed by atoms with Crippen LogP contribution in [0, 0.1) is 11.3 Å². The van der Waals surface area contributed by atoms with Crippen molar-refractivity contribution in [1.29, 1.82) is 5.26 Å². The second kappa shape index (κ2) is 14.7. The molecule has 0 saturated carbocycles. The van der Waals surface area contributed by atoms with Crippen LogP contribution in [0.4, 0.5) is 0 Å². The number of thiophene rings is 2. The average Bonchev–Trinajstić information content (AvgIpc) is 4.15. The van der Waals surface area contributed by atoms with Crippen LogP contribution in [0.1, 0.15) is 5.56 Å². The normalized spacial score (nSPS) is 12.2. The predicted molar refractivity (Wildman–Crippen MR) is 287 cm³/mol. The predicted octanol–water partition coefficient (Wildman–Crippen LogP) is 13.3. The van der Waals surface area contributed by atoms with Crippen LogP contribution in [-0.2, 0) is 0 Å². The summed E-state index contributed by atoms with van der Waals surface area (Å²) in [5.41, 5.74) is 6.86. The van der Waals surface area contributed by atoms with E-state index in [0.29, 0.717) is 5.56 Å². The highest BCUT2D eigenvalue weighted by atomic mass is 32.1. The number of hydrogen-bond donors (Lipinski definition) is 0. The van der Waals surface area contributed by atoms with Gasteiger partial charge in [0, 0.05) is 79.5 Å². The summed E-state index contributed by atoms with van der Waals surface area (Å²) in [7, 11) is -3.16. The first-order valence-electron chi connectivity index (χ1n) is 22.5. The fourth-order valence-corrected chi connectivity index (χ4v) is 18.9. The summed E-state index contributed by atoms with van der Waals surface area (Å²) >= 11 is 3.71. The summed E-state index contributed by atoms with van der Waals surface area (Å²) in [4.78, 5) is 5.09. The number of nitriles is 1. The van der Waals surface area contributed by atoms with E-state index in [4.69, 9.17) is 4.98 Å². The molecule has 14 aromatic rings. The lowest BCUT2D eigenvalue weighted by atomic mass is 10.1. The topological polar surface area (TPSA) is 46.5 Å². The SMILES string of the molecule is N#Cc1cc(-n2c3ccccc3c3c4c5cccnc5n(-c5ccc6sc7ccccc7c6c5)c4ccc32)cc([Si](c2ccccc2)(c2ccccc2)c2cccc3c2sc2ccccc23)c1. The Hall–Kier alpha value is -8.12. The minimum atomic E-state index is -3.16. The molecule has 0 aliphatic heterocycles. The van der Waals surface area contributed by atoms with Crippen LogP contribution in [0.5, 0.6) is 0 Å². The Bertz CT molecular complexity index is 4320. The van der Waals surface area contributed by atoms with Gasteiger partial charge in [0.05, 0.1) is 28.2 Å². The van der Waals surface area contributed by atoms with Crippen LogP contribution in [0.15, 0.2) is 219 Å². The van der Waals surface area contributed by atoms with Gasteiger partial charge in [0.25, 0.3) is 0 Å². The quantitative estimate of drug-likeness (QED) is 0.123. The number of fused-ring (bicyclic) bond motifs is 13. The first-order valence-corrected chi connectivity index (χ1v) is 26.1. The van der Waals surface area contributed by atoms with Gasteiger partial charge in [-0.15, -0.1) is 22.7 Å². The van der Waals surface area contributed by atoms with Crippen molar-refractivity contribution in [3.63, 3.8) is 0 Å². The first kappa shape index (κ1) is 38.2. The van der Waals surface area contributed by atoms with Crippen LogP contribution >= 0.6 is 22.7 Å². The highest BCUT2D eigenvalue weighted by molar-refractivity contribution is 7.30. The molecule has 4 nitrogen and oxygen atoms in total. The molecule has 9 aromatic carbocycles. The average molecular weight is 905 g/mol. The van der Waals surface area contributed by atoms with Gasteiger partial charge < -0.3 is 4.57 Å². The summed E-state index contributed by atoms with van der Waals surface area (Å²) in [6, 6.07) is 80.2. The van der Waals surface area contributed by atoms with E-state index in [2.05, 4.69) is 228 Å². The molecule has 0 N–H and O–H groups in total. The summed E-state index contributed by atoms with van der Waals surface area (Å²) in [5, 5.41) is 25.8. The lowest BCUT2D eigenvalue weighted by Gasteiger charge is -2.35. The number of nitrogens with zero attached hydrogens (tertiary/aromatic N) is 4.